The van der Waals surface area contributed by atoms with Gasteiger partial charge in [0.05, 0.1) is 25.0 Å². The van der Waals surface area contributed by atoms with Gasteiger partial charge in [-0.15, -0.1) is 0 Å². The Hall–Kier alpha value is -1.13. The fourth-order valence-corrected chi connectivity index (χ4v) is 2.13. The van der Waals surface area contributed by atoms with Crippen molar-refractivity contribution >= 4 is 0 Å². The first-order chi connectivity index (χ1) is 8.79. The van der Waals surface area contributed by atoms with Crippen molar-refractivity contribution in [2.45, 2.75) is 44.8 Å². The van der Waals surface area contributed by atoms with Gasteiger partial charge in [0.2, 0.25) is 0 Å². The van der Waals surface area contributed by atoms with Crippen LogP contribution in [0.2, 0.25) is 0 Å². The molecule has 1 aromatic heterocycles. The number of aliphatic hydroxyl groups is 1. The second-order valence-electron chi connectivity index (χ2n) is 4.69. The maximum atomic E-state index is 10.2. The normalized spacial score (nSPS) is 20.9. The molecule has 0 aliphatic carbocycles. The van der Waals surface area contributed by atoms with Crippen LogP contribution in [0.5, 0.6) is 5.75 Å². The van der Waals surface area contributed by atoms with E-state index in [0.29, 0.717) is 13.0 Å². The Morgan fingerprint density at radius 1 is 1.56 bits per heavy atom. The summed E-state index contributed by atoms with van der Waals surface area (Å²) in [6.45, 7) is 3.55. The predicted molar refractivity (Wildman–Crippen MR) is 68.6 cm³/mol. The molecule has 1 saturated heterocycles. The highest BCUT2D eigenvalue weighted by Gasteiger charge is 2.20. The smallest absolute Gasteiger partial charge is 0.137 e. The van der Waals surface area contributed by atoms with Crippen LogP contribution in [0.25, 0.3) is 0 Å². The molecule has 18 heavy (non-hydrogen) atoms. The summed E-state index contributed by atoms with van der Waals surface area (Å²) >= 11 is 0. The average molecular weight is 251 g/mol. The number of aliphatic hydroxyl groups excluding tert-OH is 1. The minimum Gasteiger partial charge on any atom is -0.492 e. The summed E-state index contributed by atoms with van der Waals surface area (Å²) in [5.41, 5.74) is 0.805. The van der Waals surface area contributed by atoms with Gasteiger partial charge in [-0.05, 0) is 25.3 Å². The highest BCUT2D eigenvalue weighted by Crippen LogP contribution is 2.26. The highest BCUT2D eigenvalue weighted by atomic mass is 16.5. The third kappa shape index (κ3) is 3.68. The first-order valence-corrected chi connectivity index (χ1v) is 6.67. The van der Waals surface area contributed by atoms with E-state index in [1.807, 2.05) is 6.07 Å². The van der Waals surface area contributed by atoms with Crippen LogP contribution in [0.1, 0.15) is 44.3 Å². The van der Waals surface area contributed by atoms with E-state index in [1.165, 1.54) is 0 Å². The fourth-order valence-electron chi connectivity index (χ4n) is 2.13. The van der Waals surface area contributed by atoms with Crippen molar-refractivity contribution in [3.63, 3.8) is 0 Å². The molecule has 0 saturated carbocycles. The second kappa shape index (κ2) is 6.71. The summed E-state index contributed by atoms with van der Waals surface area (Å²) in [5, 5.41) is 10.2. The van der Waals surface area contributed by atoms with Crippen LogP contribution in [-0.2, 0) is 4.74 Å². The Morgan fingerprint density at radius 2 is 2.44 bits per heavy atom. The summed E-state index contributed by atoms with van der Waals surface area (Å²) in [4.78, 5) is 4.11. The predicted octanol–water partition coefficient (Wildman–Crippen LogP) is 2.47. The van der Waals surface area contributed by atoms with Crippen LogP contribution in [0.3, 0.4) is 0 Å². The summed E-state index contributed by atoms with van der Waals surface area (Å²) in [6, 6.07) is 1.86. The van der Waals surface area contributed by atoms with Crippen LogP contribution >= 0.6 is 0 Å². The molecule has 0 bridgehead atoms. The van der Waals surface area contributed by atoms with Crippen molar-refractivity contribution < 1.29 is 14.6 Å². The average Bonchev–Trinajstić information content (AvgIpc) is 2.89. The van der Waals surface area contributed by atoms with Gasteiger partial charge in [0.15, 0.2) is 0 Å². The molecule has 0 aromatic carbocycles. The number of nitrogens with zero attached hydrogens (tertiary/aromatic N) is 1. The molecular weight excluding hydrogens is 230 g/mol. The lowest BCUT2D eigenvalue weighted by atomic mass is 10.0. The van der Waals surface area contributed by atoms with E-state index in [2.05, 4.69) is 11.9 Å². The largest absolute Gasteiger partial charge is 0.492 e. The van der Waals surface area contributed by atoms with Gasteiger partial charge >= 0.3 is 0 Å². The molecule has 1 fully saturated rings. The molecule has 1 N–H and O–H groups in total. The van der Waals surface area contributed by atoms with Gasteiger partial charge in [-0.25, -0.2) is 0 Å². The summed E-state index contributed by atoms with van der Waals surface area (Å²) in [7, 11) is 0. The molecule has 1 aliphatic rings. The van der Waals surface area contributed by atoms with Crippen molar-refractivity contribution in [3.05, 3.63) is 24.0 Å². The van der Waals surface area contributed by atoms with E-state index in [1.54, 1.807) is 12.4 Å². The number of rotatable bonds is 6. The molecule has 0 radical (unpaired) electrons. The zero-order valence-corrected chi connectivity index (χ0v) is 10.8. The van der Waals surface area contributed by atoms with E-state index in [9.17, 15) is 5.11 Å². The topological polar surface area (TPSA) is 51.6 Å². The van der Waals surface area contributed by atoms with E-state index >= 15 is 0 Å². The van der Waals surface area contributed by atoms with Gasteiger partial charge in [-0.1, -0.05) is 6.92 Å². The third-order valence-electron chi connectivity index (χ3n) is 3.10. The number of aromatic nitrogens is 1. The Bertz CT molecular complexity index is 364. The van der Waals surface area contributed by atoms with Gasteiger partial charge in [0.1, 0.15) is 5.75 Å². The van der Waals surface area contributed by atoms with E-state index < -0.39 is 6.10 Å². The van der Waals surface area contributed by atoms with Crippen molar-refractivity contribution in [1.29, 1.82) is 0 Å². The molecule has 0 spiro atoms. The van der Waals surface area contributed by atoms with Crippen LogP contribution in [0.4, 0.5) is 0 Å². The van der Waals surface area contributed by atoms with Crippen molar-refractivity contribution in [1.82, 2.24) is 4.98 Å². The van der Waals surface area contributed by atoms with E-state index in [-0.39, 0.29) is 6.10 Å². The summed E-state index contributed by atoms with van der Waals surface area (Å²) < 4.78 is 11.0. The summed E-state index contributed by atoms with van der Waals surface area (Å²) in [6.07, 6.45) is 6.76. The first-order valence-electron chi connectivity index (χ1n) is 6.67. The van der Waals surface area contributed by atoms with E-state index in [0.717, 1.165) is 37.2 Å². The molecule has 1 aromatic rings. The molecule has 2 unspecified atom stereocenters. The lowest BCUT2D eigenvalue weighted by molar-refractivity contribution is 0.0532. The van der Waals surface area contributed by atoms with Crippen LogP contribution < -0.4 is 4.74 Å². The maximum Gasteiger partial charge on any atom is 0.137 e. The molecule has 2 atom stereocenters. The minimum atomic E-state index is -0.522. The zero-order valence-electron chi connectivity index (χ0n) is 10.8. The van der Waals surface area contributed by atoms with Crippen LogP contribution in [0.15, 0.2) is 18.5 Å². The Morgan fingerprint density at radius 3 is 3.17 bits per heavy atom. The van der Waals surface area contributed by atoms with Crippen molar-refractivity contribution in [2.75, 3.05) is 13.2 Å². The highest BCUT2D eigenvalue weighted by molar-refractivity contribution is 5.25. The van der Waals surface area contributed by atoms with Gasteiger partial charge < -0.3 is 14.6 Å². The van der Waals surface area contributed by atoms with Gasteiger partial charge in [-0.3, -0.25) is 4.98 Å². The Balaban J connectivity index is 1.93. The molecule has 1 aliphatic heterocycles. The van der Waals surface area contributed by atoms with Gasteiger partial charge in [0.25, 0.3) is 0 Å². The van der Waals surface area contributed by atoms with Crippen LogP contribution in [-0.4, -0.2) is 29.4 Å². The quantitative estimate of drug-likeness (QED) is 0.844. The Kier molecular flexibility index (Phi) is 4.96. The standard InChI is InChI=1S/C14H21NO3/c1-2-5-17-13-7-11(9-15-10-13)14(16)8-12-4-3-6-18-12/h7,9-10,12,14,16H,2-6,8H2,1H3. The third-order valence-corrected chi connectivity index (χ3v) is 3.10. The SMILES string of the molecule is CCCOc1cncc(C(O)CC2CCCO2)c1. The number of hydrogen-bond donors (Lipinski definition) is 1. The monoisotopic (exact) mass is 251 g/mol. The minimum absolute atomic E-state index is 0.181. The molecule has 0 amide bonds. The maximum absolute atomic E-state index is 10.2. The molecule has 2 rings (SSSR count). The number of hydrogen-bond acceptors (Lipinski definition) is 4. The molecular formula is C14H21NO3. The number of ether oxygens (including phenoxy) is 2. The van der Waals surface area contributed by atoms with Crippen LogP contribution in [0, 0.1) is 0 Å². The lowest BCUT2D eigenvalue weighted by Crippen LogP contribution is -2.11. The zero-order chi connectivity index (χ0) is 12.8. The van der Waals surface area contributed by atoms with Crippen molar-refractivity contribution in [3.8, 4) is 5.75 Å². The second-order valence-corrected chi connectivity index (χ2v) is 4.69. The fraction of sp³-hybridized carbons (Fsp3) is 0.643. The lowest BCUT2D eigenvalue weighted by Gasteiger charge is -2.16. The van der Waals surface area contributed by atoms with Crippen molar-refractivity contribution in [2.24, 2.45) is 0 Å². The number of pyridine rings is 1. The Labute approximate surface area is 108 Å². The summed E-state index contributed by atoms with van der Waals surface area (Å²) in [5.74, 6) is 0.723. The van der Waals surface area contributed by atoms with Gasteiger partial charge in [0, 0.05) is 24.8 Å². The molecule has 2 heterocycles. The first kappa shape index (κ1) is 13.3. The van der Waals surface area contributed by atoms with E-state index in [4.69, 9.17) is 9.47 Å². The molecule has 100 valence electrons. The molecule has 4 heteroatoms. The molecule has 4 nitrogen and oxygen atoms in total. The van der Waals surface area contributed by atoms with Gasteiger partial charge in [-0.2, -0.15) is 0 Å².